The Morgan fingerprint density at radius 2 is 1.50 bits per heavy atom. The fraction of sp³-hybridized carbons (Fsp3) is 0.944. The number of ether oxygens (including phenoxy) is 1. The summed E-state index contributed by atoms with van der Waals surface area (Å²) >= 11 is 0. The molecule has 0 radical (unpaired) electrons. The van der Waals surface area contributed by atoms with Crippen LogP contribution in [-0.4, -0.2) is 23.2 Å². The number of hydrogen-bond acceptors (Lipinski definition) is 4. The average molecular weight is 315 g/mol. The predicted molar refractivity (Wildman–Crippen MR) is 93.6 cm³/mol. The van der Waals surface area contributed by atoms with Crippen molar-refractivity contribution in [2.45, 2.75) is 104 Å². The minimum Gasteiger partial charge on any atom is -0.460 e. The maximum atomic E-state index is 12.0. The molecule has 0 aliphatic rings. The summed E-state index contributed by atoms with van der Waals surface area (Å²) < 4.78 is 5.59. The van der Waals surface area contributed by atoms with Gasteiger partial charge < -0.3 is 16.2 Å². The van der Waals surface area contributed by atoms with E-state index in [2.05, 4.69) is 20.8 Å². The molecule has 0 aromatic rings. The van der Waals surface area contributed by atoms with Crippen LogP contribution in [0.3, 0.4) is 0 Å². The van der Waals surface area contributed by atoms with Crippen LogP contribution < -0.4 is 11.5 Å². The van der Waals surface area contributed by atoms with Crippen LogP contribution in [0.5, 0.6) is 0 Å². The second-order valence-electron chi connectivity index (χ2n) is 9.11. The molecule has 0 fully saturated rings. The van der Waals surface area contributed by atoms with Crippen molar-refractivity contribution in [3.8, 4) is 0 Å². The SMILES string of the molecule is CC(C)(C)CCCCCC(=O)OC(CC(C)(C)N)C(C)(C)N. The van der Waals surface area contributed by atoms with E-state index in [-0.39, 0.29) is 12.1 Å². The van der Waals surface area contributed by atoms with E-state index in [0.717, 1.165) is 19.3 Å². The van der Waals surface area contributed by atoms with Gasteiger partial charge in [-0.25, -0.2) is 0 Å². The number of hydrogen-bond donors (Lipinski definition) is 2. The van der Waals surface area contributed by atoms with Gasteiger partial charge in [-0.2, -0.15) is 0 Å². The van der Waals surface area contributed by atoms with E-state index in [1.54, 1.807) is 0 Å². The van der Waals surface area contributed by atoms with Crippen LogP contribution in [0.1, 0.15) is 87.0 Å². The maximum Gasteiger partial charge on any atom is 0.306 e. The van der Waals surface area contributed by atoms with Crippen molar-refractivity contribution in [2.24, 2.45) is 16.9 Å². The topological polar surface area (TPSA) is 78.3 Å². The number of carbonyl (C=O) groups is 1. The van der Waals surface area contributed by atoms with Gasteiger partial charge in [-0.3, -0.25) is 4.79 Å². The largest absolute Gasteiger partial charge is 0.460 e. The van der Waals surface area contributed by atoms with Crippen molar-refractivity contribution in [3.05, 3.63) is 0 Å². The number of rotatable bonds is 9. The third-order valence-corrected chi connectivity index (χ3v) is 3.62. The van der Waals surface area contributed by atoms with E-state index in [0.29, 0.717) is 18.3 Å². The Morgan fingerprint density at radius 1 is 0.955 bits per heavy atom. The first-order chi connectivity index (χ1) is 9.71. The molecule has 0 aliphatic heterocycles. The molecule has 0 amide bonds. The van der Waals surface area contributed by atoms with Gasteiger partial charge in [-0.1, -0.05) is 33.6 Å². The molecule has 4 N–H and O–H groups in total. The van der Waals surface area contributed by atoms with Gasteiger partial charge >= 0.3 is 5.97 Å². The van der Waals surface area contributed by atoms with E-state index >= 15 is 0 Å². The molecule has 0 saturated heterocycles. The van der Waals surface area contributed by atoms with Gasteiger partial charge in [-0.05, 0) is 46.0 Å². The molecule has 4 nitrogen and oxygen atoms in total. The smallest absolute Gasteiger partial charge is 0.306 e. The molecule has 0 aromatic carbocycles. The summed E-state index contributed by atoms with van der Waals surface area (Å²) in [5.41, 5.74) is 11.5. The maximum absolute atomic E-state index is 12.0. The molecule has 0 heterocycles. The van der Waals surface area contributed by atoms with Gasteiger partial charge in [0, 0.05) is 23.9 Å². The summed E-state index contributed by atoms with van der Waals surface area (Å²) in [4.78, 5) is 12.0. The third-order valence-electron chi connectivity index (χ3n) is 3.62. The highest BCUT2D eigenvalue weighted by atomic mass is 16.5. The Morgan fingerprint density at radius 3 is 1.91 bits per heavy atom. The van der Waals surface area contributed by atoms with Gasteiger partial charge in [-0.15, -0.1) is 0 Å². The van der Waals surface area contributed by atoms with Gasteiger partial charge in [0.15, 0.2) is 0 Å². The molecule has 4 heteroatoms. The van der Waals surface area contributed by atoms with Gasteiger partial charge in [0.05, 0.1) is 0 Å². The van der Waals surface area contributed by atoms with E-state index in [9.17, 15) is 4.79 Å². The first-order valence-electron chi connectivity index (χ1n) is 8.48. The number of esters is 1. The normalized spacial score (nSPS) is 14.8. The summed E-state index contributed by atoms with van der Waals surface area (Å²) in [5.74, 6) is -0.163. The van der Waals surface area contributed by atoms with E-state index < -0.39 is 11.1 Å². The van der Waals surface area contributed by atoms with Crippen molar-refractivity contribution in [1.29, 1.82) is 0 Å². The lowest BCUT2D eigenvalue weighted by atomic mass is 9.87. The third kappa shape index (κ3) is 12.0. The van der Waals surface area contributed by atoms with Crippen molar-refractivity contribution in [1.82, 2.24) is 0 Å². The minimum absolute atomic E-state index is 0.163. The van der Waals surface area contributed by atoms with Crippen LogP contribution in [0, 0.1) is 5.41 Å². The number of unbranched alkanes of at least 4 members (excludes halogenated alkanes) is 2. The summed E-state index contributed by atoms with van der Waals surface area (Å²) in [6.45, 7) is 14.3. The van der Waals surface area contributed by atoms with Crippen LogP contribution >= 0.6 is 0 Å². The van der Waals surface area contributed by atoms with Gasteiger partial charge in [0.1, 0.15) is 6.10 Å². The van der Waals surface area contributed by atoms with Crippen molar-refractivity contribution in [3.63, 3.8) is 0 Å². The lowest BCUT2D eigenvalue weighted by Gasteiger charge is -2.34. The van der Waals surface area contributed by atoms with Gasteiger partial charge in [0.2, 0.25) is 0 Å². The Bertz CT molecular complexity index is 332. The Kier molecular flexibility index (Phi) is 8.07. The lowest BCUT2D eigenvalue weighted by molar-refractivity contribution is -0.153. The molecule has 1 atom stereocenters. The Labute approximate surface area is 137 Å². The average Bonchev–Trinajstić information content (AvgIpc) is 2.22. The summed E-state index contributed by atoms with van der Waals surface area (Å²) in [6.07, 6.45) is 4.94. The Hall–Kier alpha value is -0.610. The van der Waals surface area contributed by atoms with Gasteiger partial charge in [0.25, 0.3) is 0 Å². The molecular weight excluding hydrogens is 276 g/mol. The Balaban J connectivity index is 4.19. The van der Waals surface area contributed by atoms with E-state index in [1.807, 2.05) is 27.7 Å². The van der Waals surface area contributed by atoms with Crippen molar-refractivity contribution >= 4 is 5.97 Å². The fourth-order valence-corrected chi connectivity index (χ4v) is 2.25. The molecule has 22 heavy (non-hydrogen) atoms. The second-order valence-corrected chi connectivity index (χ2v) is 9.11. The second kappa shape index (κ2) is 8.30. The zero-order valence-corrected chi connectivity index (χ0v) is 15.8. The quantitative estimate of drug-likeness (QED) is 0.502. The van der Waals surface area contributed by atoms with Crippen LogP contribution in [0.15, 0.2) is 0 Å². The number of nitrogens with two attached hydrogens (primary N) is 2. The first-order valence-corrected chi connectivity index (χ1v) is 8.48. The molecule has 0 aliphatic carbocycles. The predicted octanol–water partition coefficient (Wildman–Crippen LogP) is 3.76. The zero-order chi connectivity index (χ0) is 17.6. The summed E-state index contributed by atoms with van der Waals surface area (Å²) in [7, 11) is 0. The summed E-state index contributed by atoms with van der Waals surface area (Å²) in [6, 6.07) is 0. The molecule has 132 valence electrons. The zero-order valence-electron chi connectivity index (χ0n) is 15.8. The molecule has 0 saturated carbocycles. The highest BCUT2D eigenvalue weighted by Crippen LogP contribution is 2.23. The van der Waals surface area contributed by atoms with Crippen molar-refractivity contribution in [2.75, 3.05) is 0 Å². The fourth-order valence-electron chi connectivity index (χ4n) is 2.25. The van der Waals surface area contributed by atoms with Crippen LogP contribution in [0.4, 0.5) is 0 Å². The van der Waals surface area contributed by atoms with Crippen LogP contribution in [0.25, 0.3) is 0 Å². The highest BCUT2D eigenvalue weighted by molar-refractivity contribution is 5.69. The standard InChI is InChI=1S/C18H38N2O2/c1-16(2,3)12-10-8-9-11-15(21)22-14(18(6,7)20)13-17(4,5)19/h14H,8-13,19-20H2,1-7H3. The summed E-state index contributed by atoms with van der Waals surface area (Å²) in [5, 5.41) is 0. The number of carbonyl (C=O) groups excluding carboxylic acids is 1. The highest BCUT2D eigenvalue weighted by Gasteiger charge is 2.32. The molecule has 1 unspecified atom stereocenters. The van der Waals surface area contributed by atoms with Crippen molar-refractivity contribution < 1.29 is 9.53 Å². The molecule has 0 bridgehead atoms. The first kappa shape index (κ1) is 21.4. The van der Waals surface area contributed by atoms with Crippen LogP contribution in [-0.2, 0) is 9.53 Å². The molecule has 0 aromatic heterocycles. The molecular formula is C18H38N2O2. The monoisotopic (exact) mass is 314 g/mol. The molecule has 0 rings (SSSR count). The lowest BCUT2D eigenvalue weighted by Crippen LogP contribution is -2.52. The van der Waals surface area contributed by atoms with E-state index in [1.165, 1.54) is 6.42 Å². The minimum atomic E-state index is -0.585. The molecule has 0 spiro atoms. The van der Waals surface area contributed by atoms with E-state index in [4.69, 9.17) is 16.2 Å². The van der Waals surface area contributed by atoms with Crippen LogP contribution in [0.2, 0.25) is 0 Å².